The molecule has 14 heavy (non-hydrogen) atoms. The van der Waals surface area contributed by atoms with E-state index in [2.05, 4.69) is 25.7 Å². The highest BCUT2D eigenvalue weighted by Crippen LogP contribution is 2.43. The van der Waals surface area contributed by atoms with Gasteiger partial charge in [0.25, 0.3) is 0 Å². The van der Waals surface area contributed by atoms with Gasteiger partial charge in [-0.25, -0.2) is 0 Å². The molecule has 0 aromatic carbocycles. The van der Waals surface area contributed by atoms with Gasteiger partial charge in [0, 0.05) is 12.1 Å². The fourth-order valence-corrected chi connectivity index (χ4v) is 3.34. The first-order chi connectivity index (χ1) is 6.57. The van der Waals surface area contributed by atoms with Crippen LogP contribution in [0.1, 0.15) is 46.5 Å². The molecule has 82 valence electrons. The molecule has 2 aliphatic heterocycles. The number of rotatable bonds is 2. The molecule has 0 aromatic rings. The zero-order valence-corrected chi connectivity index (χ0v) is 9.66. The number of piperidine rings is 1. The van der Waals surface area contributed by atoms with Crippen LogP contribution in [0.5, 0.6) is 0 Å². The molecule has 2 bridgehead atoms. The van der Waals surface area contributed by atoms with Gasteiger partial charge >= 0.3 is 0 Å². The summed E-state index contributed by atoms with van der Waals surface area (Å²) in [5.74, 6) is 0.407. The van der Waals surface area contributed by atoms with Gasteiger partial charge in [-0.3, -0.25) is 4.90 Å². The van der Waals surface area contributed by atoms with Crippen molar-refractivity contribution in [3.63, 3.8) is 0 Å². The second kappa shape index (κ2) is 3.49. The minimum Gasteiger partial charge on any atom is -0.390 e. The third-order valence-electron chi connectivity index (χ3n) is 4.39. The predicted octanol–water partition coefficient (Wildman–Crippen LogP) is 2.02. The summed E-state index contributed by atoms with van der Waals surface area (Å²) in [4.78, 5) is 2.59. The molecular formula is C12H23NO. The second-order valence-corrected chi connectivity index (χ2v) is 5.38. The third kappa shape index (κ3) is 1.49. The Labute approximate surface area is 87.3 Å². The fraction of sp³-hybridized carbons (Fsp3) is 1.00. The van der Waals surface area contributed by atoms with Crippen LogP contribution < -0.4 is 0 Å². The van der Waals surface area contributed by atoms with Crippen LogP contribution in [0, 0.1) is 5.92 Å². The van der Waals surface area contributed by atoms with E-state index in [-0.39, 0.29) is 5.60 Å². The molecule has 0 radical (unpaired) electrons. The van der Waals surface area contributed by atoms with Crippen LogP contribution in [0.2, 0.25) is 0 Å². The topological polar surface area (TPSA) is 23.5 Å². The monoisotopic (exact) mass is 197 g/mol. The predicted molar refractivity (Wildman–Crippen MR) is 58.2 cm³/mol. The average Bonchev–Trinajstić information content (AvgIpc) is 2.38. The van der Waals surface area contributed by atoms with E-state index in [4.69, 9.17) is 0 Å². The summed E-state index contributed by atoms with van der Waals surface area (Å²) in [6, 6.07) is 1.32. The zero-order valence-electron chi connectivity index (χ0n) is 9.66. The minimum absolute atomic E-state index is 0.377. The maximum atomic E-state index is 10.5. The number of fused-ring (bicyclic) bond motifs is 2. The molecule has 2 fully saturated rings. The molecule has 0 saturated carbocycles. The molecule has 2 aliphatic rings. The highest BCUT2D eigenvalue weighted by atomic mass is 16.3. The molecule has 2 heterocycles. The van der Waals surface area contributed by atoms with E-state index in [9.17, 15) is 5.11 Å². The molecule has 2 nitrogen and oxygen atoms in total. The Morgan fingerprint density at radius 3 is 2.14 bits per heavy atom. The Morgan fingerprint density at radius 2 is 1.79 bits per heavy atom. The van der Waals surface area contributed by atoms with Crippen LogP contribution in [-0.4, -0.2) is 34.2 Å². The van der Waals surface area contributed by atoms with Crippen LogP contribution in [0.25, 0.3) is 0 Å². The standard InChI is InChI=1S/C12H23NO/c1-4-13-10-5-6-11(13)8-12(14,7-10)9(2)3/h9-11,14H,4-8H2,1-3H3. The molecule has 2 atom stereocenters. The lowest BCUT2D eigenvalue weighted by atomic mass is 9.78. The minimum atomic E-state index is -0.377. The Morgan fingerprint density at radius 1 is 1.29 bits per heavy atom. The highest BCUT2D eigenvalue weighted by Gasteiger charge is 2.47. The van der Waals surface area contributed by atoms with Crippen LogP contribution >= 0.6 is 0 Å². The first-order valence-electron chi connectivity index (χ1n) is 6.05. The Bertz CT molecular complexity index is 200. The van der Waals surface area contributed by atoms with E-state index < -0.39 is 0 Å². The van der Waals surface area contributed by atoms with Crippen molar-refractivity contribution in [1.82, 2.24) is 4.90 Å². The summed E-state index contributed by atoms with van der Waals surface area (Å²) in [5.41, 5.74) is -0.377. The van der Waals surface area contributed by atoms with E-state index in [1.165, 1.54) is 12.8 Å². The molecule has 2 heteroatoms. The molecule has 2 unspecified atom stereocenters. The zero-order chi connectivity index (χ0) is 10.3. The van der Waals surface area contributed by atoms with Crippen LogP contribution in [0.15, 0.2) is 0 Å². The number of nitrogens with zero attached hydrogens (tertiary/aromatic N) is 1. The quantitative estimate of drug-likeness (QED) is 0.732. The van der Waals surface area contributed by atoms with Gasteiger partial charge in [-0.05, 0) is 38.1 Å². The van der Waals surface area contributed by atoms with Crippen molar-refractivity contribution < 1.29 is 5.11 Å². The first-order valence-corrected chi connectivity index (χ1v) is 6.05. The van der Waals surface area contributed by atoms with Crippen LogP contribution in [0.3, 0.4) is 0 Å². The molecule has 2 saturated heterocycles. The van der Waals surface area contributed by atoms with E-state index in [0.717, 1.165) is 19.4 Å². The van der Waals surface area contributed by atoms with Gasteiger partial charge in [-0.1, -0.05) is 20.8 Å². The largest absolute Gasteiger partial charge is 0.390 e. The molecule has 2 rings (SSSR count). The molecule has 1 N–H and O–H groups in total. The lowest BCUT2D eigenvalue weighted by Gasteiger charge is -2.45. The molecule has 0 aliphatic carbocycles. The number of hydrogen-bond donors (Lipinski definition) is 1. The van der Waals surface area contributed by atoms with Gasteiger partial charge in [0.2, 0.25) is 0 Å². The smallest absolute Gasteiger partial charge is 0.0700 e. The average molecular weight is 197 g/mol. The van der Waals surface area contributed by atoms with E-state index in [1.807, 2.05) is 0 Å². The number of aliphatic hydroxyl groups is 1. The van der Waals surface area contributed by atoms with Crippen molar-refractivity contribution in [2.45, 2.75) is 64.1 Å². The van der Waals surface area contributed by atoms with Crippen molar-refractivity contribution in [3.8, 4) is 0 Å². The van der Waals surface area contributed by atoms with Gasteiger partial charge in [-0.15, -0.1) is 0 Å². The van der Waals surface area contributed by atoms with E-state index >= 15 is 0 Å². The summed E-state index contributed by atoms with van der Waals surface area (Å²) < 4.78 is 0. The molecule has 0 spiro atoms. The van der Waals surface area contributed by atoms with Gasteiger partial charge < -0.3 is 5.11 Å². The highest BCUT2D eigenvalue weighted by molar-refractivity contribution is 5.02. The molecule has 0 amide bonds. The molecule has 0 aromatic heterocycles. The maximum Gasteiger partial charge on any atom is 0.0700 e. The molecular weight excluding hydrogens is 174 g/mol. The Balaban J connectivity index is 2.12. The lowest BCUT2D eigenvalue weighted by Crippen LogP contribution is -2.53. The summed E-state index contributed by atoms with van der Waals surface area (Å²) in [6.07, 6.45) is 4.59. The normalized spacial score (nSPS) is 43.5. The van der Waals surface area contributed by atoms with Crippen molar-refractivity contribution in [2.75, 3.05) is 6.54 Å². The Kier molecular flexibility index (Phi) is 2.61. The van der Waals surface area contributed by atoms with Crippen LogP contribution in [0.4, 0.5) is 0 Å². The van der Waals surface area contributed by atoms with Gasteiger partial charge in [-0.2, -0.15) is 0 Å². The summed E-state index contributed by atoms with van der Waals surface area (Å²) in [5, 5.41) is 10.5. The van der Waals surface area contributed by atoms with E-state index in [0.29, 0.717) is 18.0 Å². The van der Waals surface area contributed by atoms with Crippen molar-refractivity contribution in [3.05, 3.63) is 0 Å². The maximum absolute atomic E-state index is 10.5. The lowest BCUT2D eigenvalue weighted by molar-refractivity contribution is -0.0810. The van der Waals surface area contributed by atoms with Crippen molar-refractivity contribution >= 4 is 0 Å². The third-order valence-corrected chi connectivity index (χ3v) is 4.39. The van der Waals surface area contributed by atoms with Gasteiger partial charge in [0.1, 0.15) is 0 Å². The van der Waals surface area contributed by atoms with Gasteiger partial charge in [0.05, 0.1) is 5.60 Å². The number of hydrogen-bond acceptors (Lipinski definition) is 2. The summed E-state index contributed by atoms with van der Waals surface area (Å²) in [7, 11) is 0. The first kappa shape index (κ1) is 10.4. The van der Waals surface area contributed by atoms with Crippen LogP contribution in [-0.2, 0) is 0 Å². The van der Waals surface area contributed by atoms with Gasteiger partial charge in [0.15, 0.2) is 0 Å². The SMILES string of the molecule is CCN1C2CCC1CC(O)(C(C)C)C2. The fourth-order valence-electron chi connectivity index (χ4n) is 3.34. The summed E-state index contributed by atoms with van der Waals surface area (Å²) >= 11 is 0. The Hall–Kier alpha value is -0.0800. The van der Waals surface area contributed by atoms with Crippen molar-refractivity contribution in [2.24, 2.45) is 5.92 Å². The second-order valence-electron chi connectivity index (χ2n) is 5.38. The van der Waals surface area contributed by atoms with Crippen molar-refractivity contribution in [1.29, 1.82) is 0 Å². The van der Waals surface area contributed by atoms with E-state index in [1.54, 1.807) is 0 Å². The summed E-state index contributed by atoms with van der Waals surface area (Å²) in [6.45, 7) is 7.71.